The lowest BCUT2D eigenvalue weighted by Crippen LogP contribution is -2.44. The van der Waals surface area contributed by atoms with Gasteiger partial charge in [0.1, 0.15) is 5.75 Å². The fourth-order valence-electron chi connectivity index (χ4n) is 2.59. The summed E-state index contributed by atoms with van der Waals surface area (Å²) in [4.78, 5) is 25.7. The molecule has 0 bridgehead atoms. The van der Waals surface area contributed by atoms with Crippen LogP contribution >= 0.6 is 0 Å². The van der Waals surface area contributed by atoms with Crippen LogP contribution in [-0.2, 0) is 4.79 Å². The van der Waals surface area contributed by atoms with Crippen molar-refractivity contribution in [1.82, 2.24) is 10.2 Å². The lowest BCUT2D eigenvalue weighted by molar-refractivity contribution is -0.127. The van der Waals surface area contributed by atoms with Crippen molar-refractivity contribution in [2.75, 3.05) is 13.1 Å². The van der Waals surface area contributed by atoms with E-state index in [9.17, 15) is 9.59 Å². The van der Waals surface area contributed by atoms with Crippen molar-refractivity contribution in [2.45, 2.75) is 59.7 Å². The van der Waals surface area contributed by atoms with E-state index >= 15 is 0 Å². The molecule has 134 valence electrons. The van der Waals surface area contributed by atoms with E-state index in [1.54, 1.807) is 31.2 Å². The van der Waals surface area contributed by atoms with Gasteiger partial charge in [0, 0.05) is 30.7 Å². The number of ether oxygens (including phenoxy) is 1. The Morgan fingerprint density at radius 3 is 2.04 bits per heavy atom. The lowest BCUT2D eigenvalue weighted by atomic mass is 10.1. The fourth-order valence-corrected chi connectivity index (χ4v) is 2.59. The standard InChI is InChI=1S/C19H30N2O3/c1-13(2)21(14(3)4)12-11-20-19(23)16(6)24-18-9-7-17(8-10-18)15(5)22/h7-10,13-14,16H,11-12H2,1-6H3,(H,20,23)/t16-/m1/s1. The van der Waals surface area contributed by atoms with E-state index in [-0.39, 0.29) is 11.7 Å². The van der Waals surface area contributed by atoms with E-state index in [1.165, 1.54) is 6.92 Å². The molecule has 5 heteroatoms. The third-order valence-electron chi connectivity index (χ3n) is 3.94. The van der Waals surface area contributed by atoms with Crippen molar-refractivity contribution in [3.8, 4) is 5.75 Å². The second-order valence-electron chi connectivity index (χ2n) is 6.56. The van der Waals surface area contributed by atoms with Gasteiger partial charge in [-0.05, 0) is 65.8 Å². The van der Waals surface area contributed by atoms with Crippen molar-refractivity contribution in [2.24, 2.45) is 0 Å². The number of nitrogens with one attached hydrogen (secondary N) is 1. The number of nitrogens with zero attached hydrogens (tertiary/aromatic N) is 1. The number of carbonyl (C=O) groups is 2. The van der Waals surface area contributed by atoms with E-state index in [4.69, 9.17) is 4.74 Å². The van der Waals surface area contributed by atoms with E-state index in [0.717, 1.165) is 6.54 Å². The summed E-state index contributed by atoms with van der Waals surface area (Å²) in [6, 6.07) is 7.70. The molecule has 24 heavy (non-hydrogen) atoms. The van der Waals surface area contributed by atoms with Gasteiger partial charge >= 0.3 is 0 Å². The Hall–Kier alpha value is -1.88. The fraction of sp³-hybridized carbons (Fsp3) is 0.579. The Labute approximate surface area is 145 Å². The maximum absolute atomic E-state index is 12.1. The van der Waals surface area contributed by atoms with Crippen LogP contribution in [0.1, 0.15) is 51.9 Å². The van der Waals surface area contributed by atoms with Crippen LogP contribution in [0.2, 0.25) is 0 Å². The summed E-state index contributed by atoms with van der Waals surface area (Å²) in [5.74, 6) is 0.443. The molecule has 0 radical (unpaired) electrons. The first kappa shape index (κ1) is 20.2. The largest absolute Gasteiger partial charge is 0.481 e. The van der Waals surface area contributed by atoms with Crippen LogP contribution in [0.25, 0.3) is 0 Å². The average molecular weight is 334 g/mol. The highest BCUT2D eigenvalue weighted by atomic mass is 16.5. The first-order valence-corrected chi connectivity index (χ1v) is 8.53. The smallest absolute Gasteiger partial charge is 0.260 e. The highest BCUT2D eigenvalue weighted by molar-refractivity contribution is 5.94. The van der Waals surface area contributed by atoms with Gasteiger partial charge in [-0.1, -0.05) is 0 Å². The third-order valence-corrected chi connectivity index (χ3v) is 3.94. The zero-order valence-electron chi connectivity index (χ0n) is 15.6. The Kier molecular flexibility index (Phi) is 7.92. The number of hydrogen-bond acceptors (Lipinski definition) is 4. The Balaban J connectivity index is 2.46. The number of Topliss-reactive ketones (excluding diaryl/α,β-unsaturated/α-hetero) is 1. The summed E-state index contributed by atoms with van der Waals surface area (Å²) >= 11 is 0. The van der Waals surface area contributed by atoms with Gasteiger partial charge in [-0.2, -0.15) is 0 Å². The maximum atomic E-state index is 12.1. The molecule has 0 unspecified atom stereocenters. The summed E-state index contributed by atoms with van der Waals surface area (Å²) in [5.41, 5.74) is 0.627. The molecular weight excluding hydrogens is 304 g/mol. The summed E-state index contributed by atoms with van der Waals surface area (Å²) in [7, 11) is 0. The molecule has 1 N–H and O–H groups in total. The maximum Gasteiger partial charge on any atom is 0.260 e. The highest BCUT2D eigenvalue weighted by Crippen LogP contribution is 2.14. The molecule has 1 rings (SSSR count). The van der Waals surface area contributed by atoms with Gasteiger partial charge < -0.3 is 10.1 Å². The first-order valence-electron chi connectivity index (χ1n) is 8.53. The second kappa shape index (κ2) is 9.42. The second-order valence-corrected chi connectivity index (χ2v) is 6.56. The van der Waals surface area contributed by atoms with Crippen LogP contribution in [0.3, 0.4) is 0 Å². The van der Waals surface area contributed by atoms with Crippen molar-refractivity contribution < 1.29 is 14.3 Å². The molecule has 0 aromatic heterocycles. The van der Waals surface area contributed by atoms with Crippen LogP contribution in [0, 0.1) is 0 Å². The number of rotatable bonds is 9. The number of carbonyl (C=O) groups excluding carboxylic acids is 2. The SMILES string of the molecule is CC(=O)c1ccc(O[C@H](C)C(=O)NCCN(C(C)C)C(C)C)cc1. The molecule has 5 nitrogen and oxygen atoms in total. The predicted molar refractivity (Wildman–Crippen MR) is 96.5 cm³/mol. The Morgan fingerprint density at radius 2 is 1.58 bits per heavy atom. The molecule has 0 heterocycles. The molecule has 0 aliphatic rings. The molecule has 0 aliphatic heterocycles. The first-order chi connectivity index (χ1) is 11.2. The van der Waals surface area contributed by atoms with Gasteiger partial charge in [-0.3, -0.25) is 14.5 Å². The molecule has 1 amide bonds. The van der Waals surface area contributed by atoms with Gasteiger partial charge in [0.15, 0.2) is 11.9 Å². The number of ketones is 1. The molecule has 1 aromatic carbocycles. The minimum atomic E-state index is -0.584. The zero-order chi connectivity index (χ0) is 18.3. The van der Waals surface area contributed by atoms with Gasteiger partial charge in [0.05, 0.1) is 0 Å². The average Bonchev–Trinajstić information content (AvgIpc) is 2.50. The van der Waals surface area contributed by atoms with E-state index in [1.807, 2.05) is 0 Å². The Bertz CT molecular complexity index is 530. The van der Waals surface area contributed by atoms with Crippen LogP contribution in [0.5, 0.6) is 5.75 Å². The van der Waals surface area contributed by atoms with Gasteiger partial charge in [-0.15, -0.1) is 0 Å². The number of hydrogen-bond donors (Lipinski definition) is 1. The van der Waals surface area contributed by atoms with Crippen molar-refractivity contribution in [3.63, 3.8) is 0 Å². The molecule has 0 aliphatic carbocycles. The van der Waals surface area contributed by atoms with Crippen LogP contribution in [0.15, 0.2) is 24.3 Å². The van der Waals surface area contributed by atoms with Crippen LogP contribution in [-0.4, -0.2) is 47.9 Å². The Morgan fingerprint density at radius 1 is 1.04 bits per heavy atom. The molecular formula is C19H30N2O3. The molecule has 0 saturated carbocycles. The minimum absolute atomic E-state index is 0.00667. The topological polar surface area (TPSA) is 58.6 Å². The minimum Gasteiger partial charge on any atom is -0.481 e. The normalized spacial score (nSPS) is 12.5. The molecule has 1 atom stereocenters. The van der Waals surface area contributed by atoms with E-state index in [0.29, 0.717) is 29.9 Å². The van der Waals surface area contributed by atoms with Crippen molar-refractivity contribution in [3.05, 3.63) is 29.8 Å². The van der Waals surface area contributed by atoms with E-state index in [2.05, 4.69) is 37.9 Å². The predicted octanol–water partition coefficient (Wildman–Crippen LogP) is 2.89. The number of benzene rings is 1. The zero-order valence-corrected chi connectivity index (χ0v) is 15.6. The summed E-state index contributed by atoms with van der Waals surface area (Å²) in [6.07, 6.45) is -0.584. The molecule has 1 aromatic rings. The molecule has 0 fully saturated rings. The van der Waals surface area contributed by atoms with Gasteiger partial charge in [0.25, 0.3) is 5.91 Å². The summed E-state index contributed by atoms with van der Waals surface area (Å²) in [5, 5.41) is 2.91. The van der Waals surface area contributed by atoms with Gasteiger partial charge in [0.2, 0.25) is 0 Å². The van der Waals surface area contributed by atoms with Gasteiger partial charge in [-0.25, -0.2) is 0 Å². The summed E-state index contributed by atoms with van der Waals surface area (Å²) in [6.45, 7) is 13.2. The van der Waals surface area contributed by atoms with Crippen molar-refractivity contribution >= 4 is 11.7 Å². The van der Waals surface area contributed by atoms with E-state index < -0.39 is 6.10 Å². The van der Waals surface area contributed by atoms with Crippen LogP contribution in [0.4, 0.5) is 0 Å². The van der Waals surface area contributed by atoms with Crippen LogP contribution < -0.4 is 10.1 Å². The molecule has 0 saturated heterocycles. The third kappa shape index (κ3) is 6.32. The molecule has 0 spiro atoms. The monoisotopic (exact) mass is 334 g/mol. The highest BCUT2D eigenvalue weighted by Gasteiger charge is 2.17. The quantitative estimate of drug-likeness (QED) is 0.706. The number of amides is 1. The van der Waals surface area contributed by atoms with Crippen molar-refractivity contribution in [1.29, 1.82) is 0 Å². The summed E-state index contributed by atoms with van der Waals surface area (Å²) < 4.78 is 5.63. The lowest BCUT2D eigenvalue weighted by Gasteiger charge is -2.30.